The first-order chi connectivity index (χ1) is 12.5. The maximum absolute atomic E-state index is 10.7. The zero-order chi connectivity index (χ0) is 18.9. The van der Waals surface area contributed by atoms with Crippen LogP contribution in [0.4, 0.5) is 0 Å². The number of guanidine groups is 1. The summed E-state index contributed by atoms with van der Waals surface area (Å²) in [5.74, 6) is 2.61. The Hall–Kier alpha value is -1.51. The Morgan fingerprint density at radius 3 is 2.44 bits per heavy atom. The average molecular weight is 488 g/mol. The van der Waals surface area contributed by atoms with Crippen LogP contribution >= 0.6 is 24.0 Å². The van der Waals surface area contributed by atoms with Gasteiger partial charge in [-0.25, -0.2) is 0 Å². The number of aliphatic imine (C=N–C) groups is 1. The number of piperidine rings is 1. The first-order valence-electron chi connectivity index (χ1n) is 9.51. The number of hydrogen-bond acceptors (Lipinski definition) is 3. The largest absolute Gasteiger partial charge is 0.484 e. The molecule has 0 spiro atoms. The smallest absolute Gasteiger partial charge is 0.255 e. The summed E-state index contributed by atoms with van der Waals surface area (Å²) in [6.45, 7) is 10.4. The third kappa shape index (κ3) is 8.36. The lowest BCUT2D eigenvalue weighted by Crippen LogP contribution is -2.48. The number of halogens is 1. The first-order valence-corrected chi connectivity index (χ1v) is 9.51. The minimum Gasteiger partial charge on any atom is -0.484 e. The standard InChI is InChI=1S/C20H32N4O2.HI/c1-4-22-20(24-12-15(2)11-16(3)13-24)23-10-9-17-5-7-18(8-6-17)26-14-19(21)25;/h5-8,15-16H,4,9-14H2,1-3H3,(H2,21,25)(H,22,23);1H. The molecule has 0 bridgehead atoms. The molecule has 0 aliphatic carbocycles. The van der Waals surface area contributed by atoms with E-state index in [4.69, 9.17) is 15.5 Å². The molecule has 1 aromatic rings. The van der Waals surface area contributed by atoms with Gasteiger partial charge in [-0.05, 0) is 49.3 Å². The summed E-state index contributed by atoms with van der Waals surface area (Å²) in [6, 6.07) is 7.73. The Balaban J connectivity index is 0.00000364. The molecule has 1 aromatic carbocycles. The summed E-state index contributed by atoms with van der Waals surface area (Å²) in [6.07, 6.45) is 2.16. The second-order valence-electron chi connectivity index (χ2n) is 7.24. The van der Waals surface area contributed by atoms with Gasteiger partial charge in [-0.3, -0.25) is 9.79 Å². The van der Waals surface area contributed by atoms with E-state index in [-0.39, 0.29) is 30.6 Å². The minimum absolute atomic E-state index is 0. The number of rotatable bonds is 7. The van der Waals surface area contributed by atoms with Crippen molar-refractivity contribution in [3.63, 3.8) is 0 Å². The molecule has 152 valence electrons. The number of nitrogens with two attached hydrogens (primary N) is 1. The number of likely N-dealkylation sites (tertiary alicyclic amines) is 1. The number of benzene rings is 1. The fourth-order valence-electron chi connectivity index (χ4n) is 3.46. The molecule has 7 heteroatoms. The summed E-state index contributed by atoms with van der Waals surface area (Å²) in [5.41, 5.74) is 6.27. The lowest BCUT2D eigenvalue weighted by Gasteiger charge is -2.37. The second-order valence-corrected chi connectivity index (χ2v) is 7.24. The van der Waals surface area contributed by atoms with Gasteiger partial charge in [0.05, 0.1) is 0 Å². The molecule has 2 atom stereocenters. The maximum Gasteiger partial charge on any atom is 0.255 e. The van der Waals surface area contributed by atoms with Crippen LogP contribution in [0.5, 0.6) is 5.75 Å². The second kappa shape index (κ2) is 12.0. The minimum atomic E-state index is -0.472. The van der Waals surface area contributed by atoms with Gasteiger partial charge in [-0.1, -0.05) is 26.0 Å². The monoisotopic (exact) mass is 488 g/mol. The van der Waals surface area contributed by atoms with Crippen molar-refractivity contribution >= 4 is 35.8 Å². The molecule has 0 saturated carbocycles. The molecule has 1 aliphatic heterocycles. The molecule has 1 aliphatic rings. The van der Waals surface area contributed by atoms with Crippen LogP contribution in [0.1, 0.15) is 32.8 Å². The Kier molecular flexibility index (Phi) is 10.5. The first kappa shape index (κ1) is 23.5. The van der Waals surface area contributed by atoms with Crippen LogP contribution in [0.15, 0.2) is 29.3 Å². The highest BCUT2D eigenvalue weighted by Crippen LogP contribution is 2.21. The number of nitrogens with one attached hydrogen (secondary N) is 1. The molecule has 1 fully saturated rings. The molecule has 1 saturated heterocycles. The van der Waals surface area contributed by atoms with Gasteiger partial charge in [-0.2, -0.15) is 0 Å². The van der Waals surface area contributed by atoms with Crippen molar-refractivity contribution in [2.45, 2.75) is 33.6 Å². The predicted molar refractivity (Wildman–Crippen MR) is 121 cm³/mol. The van der Waals surface area contributed by atoms with Gasteiger partial charge in [0.2, 0.25) is 0 Å². The molecular weight excluding hydrogens is 455 g/mol. The van der Waals surface area contributed by atoms with Gasteiger partial charge in [-0.15, -0.1) is 24.0 Å². The van der Waals surface area contributed by atoms with Crippen molar-refractivity contribution in [3.05, 3.63) is 29.8 Å². The predicted octanol–water partition coefficient (Wildman–Crippen LogP) is 2.65. The van der Waals surface area contributed by atoms with Crippen molar-refractivity contribution in [2.75, 3.05) is 32.8 Å². The summed E-state index contributed by atoms with van der Waals surface area (Å²) in [5, 5.41) is 3.43. The number of primary amides is 1. The van der Waals surface area contributed by atoms with Crippen LogP contribution in [-0.4, -0.2) is 49.6 Å². The fraction of sp³-hybridized carbons (Fsp3) is 0.600. The van der Waals surface area contributed by atoms with E-state index >= 15 is 0 Å². The van der Waals surface area contributed by atoms with E-state index < -0.39 is 5.91 Å². The molecule has 27 heavy (non-hydrogen) atoms. The number of ether oxygens (including phenoxy) is 1. The third-order valence-corrected chi connectivity index (χ3v) is 4.47. The number of hydrogen-bond donors (Lipinski definition) is 2. The number of nitrogens with zero attached hydrogens (tertiary/aromatic N) is 2. The molecule has 0 aromatic heterocycles. The highest BCUT2D eigenvalue weighted by atomic mass is 127. The quantitative estimate of drug-likeness (QED) is 0.352. The van der Waals surface area contributed by atoms with Crippen molar-refractivity contribution in [3.8, 4) is 5.75 Å². The van der Waals surface area contributed by atoms with Gasteiger partial charge in [0.15, 0.2) is 12.6 Å². The zero-order valence-corrected chi connectivity index (χ0v) is 18.9. The van der Waals surface area contributed by atoms with Gasteiger partial charge in [0, 0.05) is 26.2 Å². The molecule has 1 amide bonds. The van der Waals surface area contributed by atoms with E-state index in [2.05, 4.69) is 31.0 Å². The van der Waals surface area contributed by atoms with Crippen molar-refractivity contribution in [2.24, 2.45) is 22.6 Å². The van der Waals surface area contributed by atoms with Gasteiger partial charge in [0.25, 0.3) is 5.91 Å². The van der Waals surface area contributed by atoms with Crippen LogP contribution in [0.2, 0.25) is 0 Å². The average Bonchev–Trinajstić information content (AvgIpc) is 2.59. The molecule has 2 unspecified atom stereocenters. The maximum atomic E-state index is 10.7. The van der Waals surface area contributed by atoms with Crippen molar-refractivity contribution in [1.29, 1.82) is 0 Å². The molecule has 1 heterocycles. The third-order valence-electron chi connectivity index (χ3n) is 4.47. The Labute approximate surface area is 179 Å². The van der Waals surface area contributed by atoms with Crippen LogP contribution < -0.4 is 15.8 Å². The van der Waals surface area contributed by atoms with E-state index in [1.165, 1.54) is 12.0 Å². The number of carbonyl (C=O) groups excluding carboxylic acids is 1. The molecule has 6 nitrogen and oxygen atoms in total. The molecular formula is C20H33IN4O2. The SMILES string of the molecule is CCNC(=NCCc1ccc(OCC(N)=O)cc1)N1CC(C)CC(C)C1.I. The van der Waals surface area contributed by atoms with Gasteiger partial charge >= 0.3 is 0 Å². The number of carbonyl (C=O) groups is 1. The zero-order valence-electron chi connectivity index (χ0n) is 16.6. The van der Waals surface area contributed by atoms with Gasteiger partial charge < -0.3 is 20.7 Å². The molecule has 0 radical (unpaired) electrons. The van der Waals surface area contributed by atoms with Gasteiger partial charge in [0.1, 0.15) is 5.75 Å². The highest BCUT2D eigenvalue weighted by Gasteiger charge is 2.23. The van der Waals surface area contributed by atoms with E-state index in [1.807, 2.05) is 24.3 Å². The highest BCUT2D eigenvalue weighted by molar-refractivity contribution is 14.0. The van der Waals surface area contributed by atoms with E-state index in [1.54, 1.807) is 0 Å². The van der Waals surface area contributed by atoms with Crippen LogP contribution in [0.25, 0.3) is 0 Å². The summed E-state index contributed by atoms with van der Waals surface area (Å²) in [4.78, 5) is 18.0. The Morgan fingerprint density at radius 2 is 1.89 bits per heavy atom. The van der Waals surface area contributed by atoms with E-state index in [0.717, 1.165) is 38.6 Å². The summed E-state index contributed by atoms with van der Waals surface area (Å²) in [7, 11) is 0. The topological polar surface area (TPSA) is 80.0 Å². The fourth-order valence-corrected chi connectivity index (χ4v) is 3.46. The van der Waals surface area contributed by atoms with Crippen LogP contribution in [0.3, 0.4) is 0 Å². The molecule has 2 rings (SSSR count). The van der Waals surface area contributed by atoms with E-state index in [9.17, 15) is 4.79 Å². The van der Waals surface area contributed by atoms with Crippen molar-refractivity contribution < 1.29 is 9.53 Å². The lowest BCUT2D eigenvalue weighted by atomic mass is 9.92. The van der Waals surface area contributed by atoms with E-state index in [0.29, 0.717) is 17.6 Å². The normalized spacial score (nSPS) is 20.0. The van der Waals surface area contributed by atoms with Crippen LogP contribution in [-0.2, 0) is 11.2 Å². The van der Waals surface area contributed by atoms with Crippen molar-refractivity contribution in [1.82, 2.24) is 10.2 Å². The number of amides is 1. The molecule has 3 N–H and O–H groups in total. The summed E-state index contributed by atoms with van der Waals surface area (Å²) >= 11 is 0. The lowest BCUT2D eigenvalue weighted by molar-refractivity contribution is -0.119. The van der Waals surface area contributed by atoms with Crippen LogP contribution in [0, 0.1) is 11.8 Å². The summed E-state index contributed by atoms with van der Waals surface area (Å²) < 4.78 is 5.28. The Morgan fingerprint density at radius 1 is 1.26 bits per heavy atom. The Bertz CT molecular complexity index is 597.